The lowest BCUT2D eigenvalue weighted by molar-refractivity contribution is 0.122. The Bertz CT molecular complexity index is 912. The van der Waals surface area contributed by atoms with E-state index in [9.17, 15) is 8.42 Å². The molecule has 1 aromatic carbocycles. The monoisotopic (exact) mass is 392 g/mol. The second kappa shape index (κ2) is 8.20. The zero-order valence-electron chi connectivity index (χ0n) is 15.7. The normalized spacial score (nSPS) is 15.0. The Labute approximate surface area is 159 Å². The first kappa shape index (κ1) is 19.5. The van der Waals surface area contributed by atoms with Crippen LogP contribution in [0.4, 0.5) is 5.82 Å². The van der Waals surface area contributed by atoms with Crippen LogP contribution in [0.1, 0.15) is 17.0 Å². The van der Waals surface area contributed by atoms with Gasteiger partial charge in [0.2, 0.25) is 10.0 Å². The molecule has 2 heterocycles. The lowest BCUT2D eigenvalue weighted by Crippen LogP contribution is -2.37. The van der Waals surface area contributed by atoms with Crippen LogP contribution in [0, 0.1) is 13.8 Å². The van der Waals surface area contributed by atoms with Crippen molar-refractivity contribution in [1.82, 2.24) is 14.7 Å². The van der Waals surface area contributed by atoms with Crippen molar-refractivity contribution in [1.29, 1.82) is 0 Å². The molecule has 0 aliphatic carbocycles. The van der Waals surface area contributed by atoms with Gasteiger partial charge in [-0.1, -0.05) is 0 Å². The third-order valence-electron chi connectivity index (χ3n) is 4.43. The Morgan fingerprint density at radius 2 is 1.96 bits per heavy atom. The Morgan fingerprint density at radius 3 is 2.67 bits per heavy atom. The lowest BCUT2D eigenvalue weighted by Gasteiger charge is -2.27. The molecule has 1 saturated heterocycles. The van der Waals surface area contributed by atoms with Gasteiger partial charge in [-0.05, 0) is 43.2 Å². The van der Waals surface area contributed by atoms with Crippen LogP contribution in [0.2, 0.25) is 0 Å². The highest BCUT2D eigenvalue weighted by Crippen LogP contribution is 2.25. The van der Waals surface area contributed by atoms with E-state index in [2.05, 4.69) is 19.6 Å². The van der Waals surface area contributed by atoms with Gasteiger partial charge in [0.15, 0.2) is 0 Å². The van der Waals surface area contributed by atoms with Crippen molar-refractivity contribution < 1.29 is 17.9 Å². The van der Waals surface area contributed by atoms with Crippen molar-refractivity contribution in [2.75, 3.05) is 38.3 Å². The van der Waals surface area contributed by atoms with E-state index in [0.717, 1.165) is 24.5 Å². The van der Waals surface area contributed by atoms with Crippen molar-refractivity contribution in [2.24, 2.45) is 0 Å². The summed E-state index contributed by atoms with van der Waals surface area (Å²) in [6.45, 7) is 6.40. The molecule has 2 aromatic rings. The standard InChI is InChI=1S/C18H24N4O4S/c1-13-11-16(14(2)10-15(13)25-3)27(23,24)20-12-17-19-5-4-18(21-17)22-6-8-26-9-7-22/h4-5,10-11,20H,6-9,12H2,1-3H3. The first-order valence-corrected chi connectivity index (χ1v) is 10.2. The van der Waals surface area contributed by atoms with Crippen molar-refractivity contribution in [3.63, 3.8) is 0 Å². The number of aryl methyl sites for hydroxylation is 2. The molecule has 1 aliphatic heterocycles. The maximum absolute atomic E-state index is 12.7. The van der Waals surface area contributed by atoms with Crippen LogP contribution in [-0.2, 0) is 21.3 Å². The predicted octanol–water partition coefficient (Wildman–Crippen LogP) is 1.42. The molecule has 0 saturated carbocycles. The van der Waals surface area contributed by atoms with E-state index in [1.54, 1.807) is 32.4 Å². The van der Waals surface area contributed by atoms with E-state index in [-0.39, 0.29) is 11.4 Å². The van der Waals surface area contributed by atoms with E-state index in [1.165, 1.54) is 0 Å². The van der Waals surface area contributed by atoms with Crippen LogP contribution >= 0.6 is 0 Å². The van der Waals surface area contributed by atoms with Crippen molar-refractivity contribution >= 4 is 15.8 Å². The summed E-state index contributed by atoms with van der Waals surface area (Å²) in [6.07, 6.45) is 1.64. The number of aromatic nitrogens is 2. The zero-order chi connectivity index (χ0) is 19.4. The Morgan fingerprint density at radius 1 is 1.22 bits per heavy atom. The number of morpholine rings is 1. The summed E-state index contributed by atoms with van der Waals surface area (Å²) >= 11 is 0. The molecule has 0 spiro atoms. The van der Waals surface area contributed by atoms with Crippen LogP contribution < -0.4 is 14.4 Å². The number of sulfonamides is 1. The smallest absolute Gasteiger partial charge is 0.241 e. The SMILES string of the molecule is COc1cc(C)c(S(=O)(=O)NCc2nccc(N3CCOCC3)n2)cc1C. The van der Waals surface area contributed by atoms with Crippen LogP contribution in [0.5, 0.6) is 5.75 Å². The molecule has 0 atom stereocenters. The minimum atomic E-state index is -3.69. The summed E-state index contributed by atoms with van der Waals surface area (Å²) < 4.78 is 38.6. The van der Waals surface area contributed by atoms with E-state index in [4.69, 9.17) is 9.47 Å². The Balaban J connectivity index is 1.75. The highest BCUT2D eigenvalue weighted by Gasteiger charge is 2.20. The minimum absolute atomic E-state index is 0.0189. The molecule has 1 fully saturated rings. The molecule has 0 radical (unpaired) electrons. The summed E-state index contributed by atoms with van der Waals surface area (Å²) in [7, 11) is -2.13. The van der Waals surface area contributed by atoms with Gasteiger partial charge in [-0.15, -0.1) is 0 Å². The van der Waals surface area contributed by atoms with Crippen LogP contribution in [-0.4, -0.2) is 51.8 Å². The molecule has 0 amide bonds. The molecule has 27 heavy (non-hydrogen) atoms. The third-order valence-corrected chi connectivity index (χ3v) is 5.97. The fraction of sp³-hybridized carbons (Fsp3) is 0.444. The Kier molecular flexibility index (Phi) is 5.93. The van der Waals surface area contributed by atoms with E-state index < -0.39 is 10.0 Å². The number of benzene rings is 1. The van der Waals surface area contributed by atoms with Gasteiger partial charge in [0, 0.05) is 19.3 Å². The number of methoxy groups -OCH3 is 1. The number of hydrogen-bond donors (Lipinski definition) is 1. The third kappa shape index (κ3) is 4.55. The minimum Gasteiger partial charge on any atom is -0.496 e. The average Bonchev–Trinajstić information content (AvgIpc) is 2.68. The van der Waals surface area contributed by atoms with Crippen LogP contribution in [0.25, 0.3) is 0 Å². The molecule has 0 bridgehead atoms. The van der Waals surface area contributed by atoms with Gasteiger partial charge in [-0.3, -0.25) is 0 Å². The maximum atomic E-state index is 12.7. The number of rotatable bonds is 6. The molecular weight excluding hydrogens is 368 g/mol. The lowest BCUT2D eigenvalue weighted by atomic mass is 10.1. The maximum Gasteiger partial charge on any atom is 0.241 e. The fourth-order valence-electron chi connectivity index (χ4n) is 2.95. The quantitative estimate of drug-likeness (QED) is 0.794. The first-order chi connectivity index (χ1) is 12.9. The molecule has 1 aromatic heterocycles. The van der Waals surface area contributed by atoms with Gasteiger partial charge < -0.3 is 14.4 Å². The first-order valence-electron chi connectivity index (χ1n) is 8.70. The molecular formula is C18H24N4O4S. The molecule has 8 nitrogen and oxygen atoms in total. The van der Waals surface area contributed by atoms with Gasteiger partial charge in [-0.2, -0.15) is 0 Å². The molecule has 146 valence electrons. The van der Waals surface area contributed by atoms with E-state index >= 15 is 0 Å². The van der Waals surface area contributed by atoms with Crippen molar-refractivity contribution in [3.8, 4) is 5.75 Å². The van der Waals surface area contributed by atoms with E-state index in [1.807, 2.05) is 13.0 Å². The molecule has 9 heteroatoms. The van der Waals surface area contributed by atoms with Crippen LogP contribution in [0.3, 0.4) is 0 Å². The average molecular weight is 392 g/mol. The molecule has 3 rings (SSSR count). The van der Waals surface area contributed by atoms with E-state index in [0.29, 0.717) is 30.4 Å². The molecule has 0 unspecified atom stereocenters. The van der Waals surface area contributed by atoms with Crippen molar-refractivity contribution in [2.45, 2.75) is 25.3 Å². The van der Waals surface area contributed by atoms with Gasteiger partial charge in [-0.25, -0.2) is 23.1 Å². The summed E-state index contributed by atoms with van der Waals surface area (Å²) in [6, 6.07) is 5.15. The second-order valence-electron chi connectivity index (χ2n) is 6.34. The highest BCUT2D eigenvalue weighted by atomic mass is 32.2. The topological polar surface area (TPSA) is 93.7 Å². The van der Waals surface area contributed by atoms with Crippen molar-refractivity contribution in [3.05, 3.63) is 41.3 Å². The zero-order valence-corrected chi connectivity index (χ0v) is 16.5. The highest BCUT2D eigenvalue weighted by molar-refractivity contribution is 7.89. The number of hydrogen-bond acceptors (Lipinski definition) is 7. The summed E-state index contributed by atoms with van der Waals surface area (Å²) in [5, 5.41) is 0. The predicted molar refractivity (Wildman–Crippen MR) is 102 cm³/mol. The largest absolute Gasteiger partial charge is 0.496 e. The summed E-state index contributed by atoms with van der Waals surface area (Å²) in [4.78, 5) is 11.0. The number of nitrogens with zero attached hydrogens (tertiary/aromatic N) is 3. The van der Waals surface area contributed by atoms with Gasteiger partial charge in [0.05, 0.1) is 31.8 Å². The summed E-state index contributed by atoms with van der Waals surface area (Å²) in [5.41, 5.74) is 1.38. The number of nitrogens with one attached hydrogen (secondary N) is 1. The molecule has 1 N–H and O–H groups in total. The fourth-order valence-corrected chi connectivity index (χ4v) is 4.24. The van der Waals surface area contributed by atoms with Gasteiger partial charge in [0.25, 0.3) is 0 Å². The second-order valence-corrected chi connectivity index (χ2v) is 8.08. The number of ether oxygens (including phenoxy) is 2. The molecule has 1 aliphatic rings. The van der Waals surface area contributed by atoms with Gasteiger partial charge >= 0.3 is 0 Å². The Hall–Kier alpha value is -2.23. The number of anilines is 1. The van der Waals surface area contributed by atoms with Crippen LogP contribution in [0.15, 0.2) is 29.3 Å². The van der Waals surface area contributed by atoms with Gasteiger partial charge in [0.1, 0.15) is 17.4 Å². The summed E-state index contributed by atoms with van der Waals surface area (Å²) in [5.74, 6) is 1.86.